The highest BCUT2D eigenvalue weighted by Crippen LogP contribution is 2.36. The van der Waals surface area contributed by atoms with Crippen LogP contribution in [0, 0.1) is 5.92 Å². The van der Waals surface area contributed by atoms with Gasteiger partial charge >= 0.3 is 0 Å². The fourth-order valence-corrected chi connectivity index (χ4v) is 4.55. The quantitative estimate of drug-likeness (QED) is 0.279. The van der Waals surface area contributed by atoms with E-state index in [1.165, 1.54) is 80.0 Å². The predicted octanol–water partition coefficient (Wildman–Crippen LogP) is 7.95. The standard InChI is InChI=1S/C28H38O/c1-3-5-6-7-8-23-9-13-25(14-10-23)27-17-19-28(20-18-27)26-15-11-24(12-16-26)22-29-21-4-2/h4,9-10,13-14,17-20,24,26H,2-3,5-8,11-12,15-16,21-22H2,1H3/t24-,26-. The van der Waals surface area contributed by atoms with Crippen LogP contribution in [-0.2, 0) is 11.2 Å². The Balaban J connectivity index is 1.49. The maximum absolute atomic E-state index is 5.65. The van der Waals surface area contributed by atoms with Crippen molar-refractivity contribution in [2.45, 2.75) is 70.6 Å². The molecule has 0 atom stereocenters. The molecule has 3 rings (SSSR count). The first-order valence-electron chi connectivity index (χ1n) is 11.7. The van der Waals surface area contributed by atoms with Crippen molar-refractivity contribution < 1.29 is 4.74 Å². The van der Waals surface area contributed by atoms with Crippen molar-refractivity contribution in [1.82, 2.24) is 0 Å². The zero-order valence-corrected chi connectivity index (χ0v) is 18.2. The van der Waals surface area contributed by atoms with Crippen molar-refractivity contribution in [3.63, 3.8) is 0 Å². The summed E-state index contributed by atoms with van der Waals surface area (Å²) in [5.74, 6) is 1.44. The van der Waals surface area contributed by atoms with Crippen LogP contribution in [0.2, 0.25) is 0 Å². The van der Waals surface area contributed by atoms with Crippen LogP contribution in [0.3, 0.4) is 0 Å². The van der Waals surface area contributed by atoms with Gasteiger partial charge in [0.25, 0.3) is 0 Å². The Kier molecular flexibility index (Phi) is 9.02. The molecule has 0 unspecified atom stereocenters. The van der Waals surface area contributed by atoms with E-state index in [1.807, 2.05) is 6.08 Å². The molecule has 0 radical (unpaired) electrons. The lowest BCUT2D eigenvalue weighted by atomic mass is 9.79. The van der Waals surface area contributed by atoms with Crippen LogP contribution >= 0.6 is 0 Å². The molecule has 0 saturated heterocycles. The van der Waals surface area contributed by atoms with E-state index in [4.69, 9.17) is 4.74 Å². The predicted molar refractivity (Wildman–Crippen MR) is 125 cm³/mol. The summed E-state index contributed by atoms with van der Waals surface area (Å²) >= 11 is 0. The molecule has 0 bridgehead atoms. The van der Waals surface area contributed by atoms with Crippen molar-refractivity contribution in [1.29, 1.82) is 0 Å². The fourth-order valence-electron chi connectivity index (χ4n) is 4.55. The first-order valence-corrected chi connectivity index (χ1v) is 11.7. The molecule has 0 heterocycles. The average molecular weight is 391 g/mol. The lowest BCUT2D eigenvalue weighted by Gasteiger charge is -2.28. The van der Waals surface area contributed by atoms with E-state index in [0.717, 1.165) is 12.5 Å². The molecule has 0 aliphatic heterocycles. The van der Waals surface area contributed by atoms with Crippen LogP contribution < -0.4 is 0 Å². The number of ether oxygens (including phenoxy) is 1. The number of unbranched alkanes of at least 4 members (excludes halogenated alkanes) is 3. The van der Waals surface area contributed by atoms with Crippen LogP contribution in [0.4, 0.5) is 0 Å². The normalized spacial score (nSPS) is 19.2. The van der Waals surface area contributed by atoms with Gasteiger partial charge in [0, 0.05) is 6.61 Å². The molecule has 1 nitrogen and oxygen atoms in total. The highest BCUT2D eigenvalue weighted by Gasteiger charge is 2.22. The minimum Gasteiger partial charge on any atom is -0.377 e. The van der Waals surface area contributed by atoms with Crippen LogP contribution in [0.25, 0.3) is 11.1 Å². The van der Waals surface area contributed by atoms with E-state index in [0.29, 0.717) is 12.5 Å². The van der Waals surface area contributed by atoms with E-state index < -0.39 is 0 Å². The van der Waals surface area contributed by atoms with E-state index in [1.54, 1.807) is 0 Å². The van der Waals surface area contributed by atoms with Gasteiger partial charge in [-0.1, -0.05) is 80.8 Å². The topological polar surface area (TPSA) is 9.23 Å². The van der Waals surface area contributed by atoms with Crippen molar-refractivity contribution in [2.24, 2.45) is 5.92 Å². The number of aryl methyl sites for hydroxylation is 1. The molecular formula is C28H38O. The second-order valence-electron chi connectivity index (χ2n) is 8.67. The van der Waals surface area contributed by atoms with Gasteiger partial charge in [-0.05, 0) is 72.6 Å². The third kappa shape index (κ3) is 6.85. The lowest BCUT2D eigenvalue weighted by Crippen LogP contribution is -2.18. The first-order chi connectivity index (χ1) is 14.3. The van der Waals surface area contributed by atoms with Gasteiger partial charge in [0.05, 0.1) is 6.61 Å². The molecule has 156 valence electrons. The van der Waals surface area contributed by atoms with Gasteiger partial charge in [-0.15, -0.1) is 6.58 Å². The van der Waals surface area contributed by atoms with E-state index in [9.17, 15) is 0 Å². The van der Waals surface area contributed by atoms with E-state index >= 15 is 0 Å². The van der Waals surface area contributed by atoms with Crippen molar-refractivity contribution in [3.05, 3.63) is 72.3 Å². The molecule has 2 aromatic rings. The molecule has 29 heavy (non-hydrogen) atoms. The van der Waals surface area contributed by atoms with Crippen LogP contribution in [0.1, 0.15) is 75.3 Å². The highest BCUT2D eigenvalue weighted by molar-refractivity contribution is 5.64. The van der Waals surface area contributed by atoms with Crippen molar-refractivity contribution in [2.75, 3.05) is 13.2 Å². The Bertz CT molecular complexity index is 705. The Hall–Kier alpha value is -1.86. The number of hydrogen-bond acceptors (Lipinski definition) is 1. The summed E-state index contributed by atoms with van der Waals surface area (Å²) in [6, 6.07) is 18.5. The summed E-state index contributed by atoms with van der Waals surface area (Å²) in [7, 11) is 0. The zero-order chi connectivity index (χ0) is 20.3. The number of hydrogen-bond donors (Lipinski definition) is 0. The molecule has 1 fully saturated rings. The van der Waals surface area contributed by atoms with Gasteiger partial charge in [-0.3, -0.25) is 0 Å². The minimum atomic E-state index is 0.682. The molecule has 0 amide bonds. The molecular weight excluding hydrogens is 352 g/mol. The van der Waals surface area contributed by atoms with Crippen molar-refractivity contribution in [3.8, 4) is 11.1 Å². The smallest absolute Gasteiger partial charge is 0.0644 e. The average Bonchev–Trinajstić information content (AvgIpc) is 2.78. The van der Waals surface area contributed by atoms with E-state index in [-0.39, 0.29) is 0 Å². The third-order valence-electron chi connectivity index (χ3n) is 6.42. The highest BCUT2D eigenvalue weighted by atomic mass is 16.5. The maximum Gasteiger partial charge on any atom is 0.0644 e. The second-order valence-corrected chi connectivity index (χ2v) is 8.67. The summed E-state index contributed by atoms with van der Waals surface area (Å²) in [5.41, 5.74) is 5.64. The molecule has 1 saturated carbocycles. The molecule has 2 aromatic carbocycles. The summed E-state index contributed by atoms with van der Waals surface area (Å²) in [6.45, 7) is 7.57. The minimum absolute atomic E-state index is 0.682. The Labute approximate surface area is 178 Å². The van der Waals surface area contributed by atoms with Gasteiger partial charge in [0.1, 0.15) is 0 Å². The summed E-state index contributed by atoms with van der Waals surface area (Å²) in [6.07, 6.45) is 13.5. The molecule has 1 heteroatoms. The fraction of sp³-hybridized carbons (Fsp3) is 0.500. The lowest BCUT2D eigenvalue weighted by molar-refractivity contribution is 0.102. The Morgan fingerprint density at radius 3 is 2.14 bits per heavy atom. The molecule has 0 aromatic heterocycles. The van der Waals surface area contributed by atoms with Gasteiger partial charge in [0.15, 0.2) is 0 Å². The van der Waals surface area contributed by atoms with Gasteiger partial charge < -0.3 is 4.74 Å². The van der Waals surface area contributed by atoms with Crippen molar-refractivity contribution >= 4 is 0 Å². The zero-order valence-electron chi connectivity index (χ0n) is 18.2. The first kappa shape index (κ1) is 21.8. The molecule has 1 aliphatic rings. The summed E-state index contributed by atoms with van der Waals surface area (Å²) < 4.78 is 5.65. The van der Waals surface area contributed by atoms with Gasteiger partial charge in [0.2, 0.25) is 0 Å². The largest absolute Gasteiger partial charge is 0.377 e. The number of rotatable bonds is 11. The summed E-state index contributed by atoms with van der Waals surface area (Å²) in [5, 5.41) is 0. The second kappa shape index (κ2) is 12.0. The monoisotopic (exact) mass is 390 g/mol. The van der Waals surface area contributed by atoms with Gasteiger partial charge in [-0.2, -0.15) is 0 Å². The maximum atomic E-state index is 5.65. The van der Waals surface area contributed by atoms with Gasteiger partial charge in [-0.25, -0.2) is 0 Å². The van der Waals surface area contributed by atoms with Crippen LogP contribution in [0.5, 0.6) is 0 Å². The Morgan fingerprint density at radius 1 is 0.862 bits per heavy atom. The molecule has 0 spiro atoms. The molecule has 0 N–H and O–H groups in total. The third-order valence-corrected chi connectivity index (χ3v) is 6.42. The molecule has 1 aliphatic carbocycles. The Morgan fingerprint density at radius 2 is 1.52 bits per heavy atom. The SMILES string of the molecule is C=CCOC[C@H]1CC[C@H](c2ccc(-c3ccc(CCCCCC)cc3)cc2)CC1. The number of benzene rings is 2. The van der Waals surface area contributed by atoms with E-state index in [2.05, 4.69) is 62.0 Å². The van der Waals surface area contributed by atoms with Crippen LogP contribution in [0.15, 0.2) is 61.2 Å². The van der Waals surface area contributed by atoms with Crippen LogP contribution in [-0.4, -0.2) is 13.2 Å². The summed E-state index contributed by atoms with van der Waals surface area (Å²) in [4.78, 5) is 0.